The molecule has 0 radical (unpaired) electrons. The normalized spacial score (nSPS) is 38.3. The molecule has 5 unspecified atom stereocenters. The number of fused-ring (bicyclic) bond motifs is 1. The lowest BCUT2D eigenvalue weighted by Gasteiger charge is -2.56. The van der Waals surface area contributed by atoms with Gasteiger partial charge in [-0.15, -0.1) is 0 Å². The highest BCUT2D eigenvalue weighted by atomic mass is 16.3. The summed E-state index contributed by atoms with van der Waals surface area (Å²) in [6.07, 6.45) is 9.40. The Morgan fingerprint density at radius 2 is 1.91 bits per heavy atom. The highest BCUT2D eigenvalue weighted by molar-refractivity contribution is 5.23. The van der Waals surface area contributed by atoms with Crippen LogP contribution in [-0.4, -0.2) is 22.9 Å². The van der Waals surface area contributed by atoms with E-state index in [0.29, 0.717) is 23.9 Å². The summed E-state index contributed by atoms with van der Waals surface area (Å²) in [4.78, 5) is 0. The fourth-order valence-electron chi connectivity index (χ4n) is 5.04. The van der Waals surface area contributed by atoms with Gasteiger partial charge in [0, 0.05) is 6.61 Å². The average Bonchev–Trinajstić information content (AvgIpc) is 2.47. The van der Waals surface area contributed by atoms with Crippen molar-refractivity contribution in [2.75, 3.05) is 6.61 Å². The SMILES string of the molecule is CC1(C)C2CC=C(CCO)C1C2.CC1CCC(C(C)C)C(O)C1. The molecular formula is C21H38O2. The molecule has 4 aliphatic carbocycles. The Bertz CT molecular complexity index is 410. The zero-order chi connectivity index (χ0) is 17.2. The fraction of sp³-hybridized carbons (Fsp3) is 0.905. The van der Waals surface area contributed by atoms with Crippen molar-refractivity contribution >= 4 is 0 Å². The molecule has 0 aromatic heterocycles. The van der Waals surface area contributed by atoms with Gasteiger partial charge in [-0.25, -0.2) is 0 Å². The Hall–Kier alpha value is -0.340. The van der Waals surface area contributed by atoms with Gasteiger partial charge in [-0.05, 0) is 67.1 Å². The van der Waals surface area contributed by atoms with Gasteiger partial charge < -0.3 is 10.2 Å². The highest BCUT2D eigenvalue weighted by Gasteiger charge is 2.50. The molecule has 0 heterocycles. The third kappa shape index (κ3) is 4.20. The van der Waals surface area contributed by atoms with Gasteiger partial charge in [0.15, 0.2) is 0 Å². The molecule has 5 atom stereocenters. The Balaban J connectivity index is 0.000000168. The molecule has 0 spiro atoms. The molecule has 2 bridgehead atoms. The summed E-state index contributed by atoms with van der Waals surface area (Å²) in [5, 5.41) is 18.6. The minimum atomic E-state index is -0.0289. The van der Waals surface area contributed by atoms with E-state index in [9.17, 15) is 5.11 Å². The molecular weight excluding hydrogens is 284 g/mol. The minimum Gasteiger partial charge on any atom is -0.396 e. The predicted molar refractivity (Wildman–Crippen MR) is 97.1 cm³/mol. The van der Waals surface area contributed by atoms with Crippen LogP contribution < -0.4 is 0 Å². The van der Waals surface area contributed by atoms with Crippen molar-refractivity contribution in [1.29, 1.82) is 0 Å². The van der Waals surface area contributed by atoms with Crippen molar-refractivity contribution < 1.29 is 10.2 Å². The maximum absolute atomic E-state index is 9.71. The average molecular weight is 323 g/mol. The number of hydrogen-bond donors (Lipinski definition) is 2. The van der Waals surface area contributed by atoms with Crippen LogP contribution in [0.1, 0.15) is 73.1 Å². The molecule has 2 fully saturated rings. The van der Waals surface area contributed by atoms with Gasteiger partial charge in [-0.2, -0.15) is 0 Å². The zero-order valence-electron chi connectivity index (χ0n) is 15.9. The quantitative estimate of drug-likeness (QED) is 0.733. The van der Waals surface area contributed by atoms with E-state index in [1.54, 1.807) is 0 Å². The van der Waals surface area contributed by atoms with Crippen LogP contribution in [0.15, 0.2) is 11.6 Å². The number of aliphatic hydroxyl groups excluding tert-OH is 2. The van der Waals surface area contributed by atoms with E-state index >= 15 is 0 Å². The lowest BCUT2D eigenvalue weighted by molar-refractivity contribution is -0.00944. The molecule has 0 aromatic rings. The van der Waals surface area contributed by atoms with Crippen LogP contribution in [0.2, 0.25) is 0 Å². The summed E-state index contributed by atoms with van der Waals surface area (Å²) in [5.74, 6) is 3.65. The van der Waals surface area contributed by atoms with Gasteiger partial charge in [0.25, 0.3) is 0 Å². The number of rotatable bonds is 3. The van der Waals surface area contributed by atoms with E-state index in [1.807, 2.05) is 0 Å². The summed E-state index contributed by atoms with van der Waals surface area (Å²) in [6, 6.07) is 0. The molecule has 0 aromatic carbocycles. The second-order valence-electron chi connectivity index (χ2n) is 9.19. The number of hydrogen-bond acceptors (Lipinski definition) is 2. The van der Waals surface area contributed by atoms with E-state index in [2.05, 4.69) is 40.7 Å². The summed E-state index contributed by atoms with van der Waals surface area (Å²) in [7, 11) is 0. The molecule has 2 heteroatoms. The van der Waals surface area contributed by atoms with Gasteiger partial charge in [0.2, 0.25) is 0 Å². The monoisotopic (exact) mass is 322 g/mol. The van der Waals surface area contributed by atoms with Crippen LogP contribution in [0, 0.1) is 35.0 Å². The largest absolute Gasteiger partial charge is 0.396 e. The molecule has 2 nitrogen and oxygen atoms in total. The van der Waals surface area contributed by atoms with Crippen LogP contribution >= 0.6 is 0 Å². The van der Waals surface area contributed by atoms with Crippen molar-refractivity contribution in [3.05, 3.63) is 11.6 Å². The Kier molecular flexibility index (Phi) is 6.35. The lowest BCUT2D eigenvalue weighted by atomic mass is 9.48. The smallest absolute Gasteiger partial charge is 0.0573 e. The molecule has 0 amide bonds. The van der Waals surface area contributed by atoms with E-state index < -0.39 is 0 Å². The summed E-state index contributed by atoms with van der Waals surface area (Å²) < 4.78 is 0. The first kappa shape index (κ1) is 19.0. The summed E-state index contributed by atoms with van der Waals surface area (Å²) in [6.45, 7) is 11.7. The molecule has 0 aliphatic heterocycles. The highest BCUT2D eigenvalue weighted by Crippen LogP contribution is 2.59. The molecule has 134 valence electrons. The number of allylic oxidation sites excluding steroid dienone is 1. The van der Waals surface area contributed by atoms with Gasteiger partial charge in [-0.3, -0.25) is 0 Å². The fourth-order valence-corrected chi connectivity index (χ4v) is 5.04. The molecule has 0 saturated heterocycles. The predicted octanol–water partition coefficient (Wildman–Crippen LogP) is 4.80. The first-order valence-corrected chi connectivity index (χ1v) is 9.75. The van der Waals surface area contributed by atoms with Gasteiger partial charge in [0.1, 0.15) is 0 Å². The van der Waals surface area contributed by atoms with Crippen molar-refractivity contribution in [2.24, 2.45) is 35.0 Å². The summed E-state index contributed by atoms with van der Waals surface area (Å²) >= 11 is 0. The van der Waals surface area contributed by atoms with Crippen molar-refractivity contribution in [3.63, 3.8) is 0 Å². The first-order chi connectivity index (χ1) is 10.8. The number of aliphatic hydroxyl groups is 2. The van der Waals surface area contributed by atoms with Gasteiger partial charge in [0.05, 0.1) is 6.10 Å². The Labute approximate surface area is 143 Å². The Morgan fingerprint density at radius 1 is 1.22 bits per heavy atom. The second-order valence-corrected chi connectivity index (χ2v) is 9.19. The second kappa shape index (κ2) is 7.70. The Morgan fingerprint density at radius 3 is 2.39 bits per heavy atom. The van der Waals surface area contributed by atoms with Crippen LogP contribution in [0.5, 0.6) is 0 Å². The standard InChI is InChI=1S/C11H18O.C10H20O/c1-11(2)9-4-3-8(5-6-12)10(11)7-9;1-7(2)9-5-4-8(3)6-10(9)11/h3,9-10,12H,4-7H2,1-2H3;7-11H,4-6H2,1-3H3. The van der Waals surface area contributed by atoms with Crippen LogP contribution in [0.3, 0.4) is 0 Å². The van der Waals surface area contributed by atoms with E-state index in [0.717, 1.165) is 30.6 Å². The summed E-state index contributed by atoms with van der Waals surface area (Å²) in [5.41, 5.74) is 2.05. The molecule has 4 rings (SSSR count). The van der Waals surface area contributed by atoms with Gasteiger partial charge >= 0.3 is 0 Å². The van der Waals surface area contributed by atoms with E-state index in [-0.39, 0.29) is 6.10 Å². The van der Waals surface area contributed by atoms with Crippen LogP contribution in [0.25, 0.3) is 0 Å². The zero-order valence-corrected chi connectivity index (χ0v) is 15.9. The molecule has 4 aliphatic rings. The maximum Gasteiger partial charge on any atom is 0.0573 e. The minimum absolute atomic E-state index is 0.0289. The topological polar surface area (TPSA) is 40.5 Å². The van der Waals surface area contributed by atoms with Crippen LogP contribution in [-0.2, 0) is 0 Å². The van der Waals surface area contributed by atoms with Crippen LogP contribution in [0.4, 0.5) is 0 Å². The maximum atomic E-state index is 9.71. The van der Waals surface area contributed by atoms with Crippen molar-refractivity contribution in [3.8, 4) is 0 Å². The van der Waals surface area contributed by atoms with E-state index in [1.165, 1.54) is 31.3 Å². The van der Waals surface area contributed by atoms with E-state index in [4.69, 9.17) is 5.11 Å². The lowest BCUT2D eigenvalue weighted by Crippen LogP contribution is -2.48. The van der Waals surface area contributed by atoms with Gasteiger partial charge in [-0.1, -0.05) is 52.7 Å². The first-order valence-electron chi connectivity index (χ1n) is 9.75. The molecule has 23 heavy (non-hydrogen) atoms. The molecule has 2 N–H and O–H groups in total. The third-order valence-corrected chi connectivity index (χ3v) is 6.97. The van der Waals surface area contributed by atoms with Crippen molar-refractivity contribution in [2.45, 2.75) is 79.2 Å². The van der Waals surface area contributed by atoms with Crippen molar-refractivity contribution in [1.82, 2.24) is 0 Å². The molecule has 2 saturated carbocycles. The third-order valence-electron chi connectivity index (χ3n) is 6.97.